The summed E-state index contributed by atoms with van der Waals surface area (Å²) in [7, 11) is 0. The SMILES string of the molecule is [O-][S+](c1cc(Br)[c]c(Br)c1-c1cnccn1)C(F)(F)C(F)(F)C(F)(F)F. The average molecular weight is 529 g/mol. The third kappa shape index (κ3) is 3.71. The number of rotatable bonds is 4. The van der Waals surface area contributed by atoms with Gasteiger partial charge in [-0.2, -0.15) is 22.0 Å². The molecule has 13 heteroatoms. The number of benzene rings is 1. The van der Waals surface area contributed by atoms with Crippen molar-refractivity contribution >= 4 is 43.0 Å². The number of aromatic nitrogens is 2. The van der Waals surface area contributed by atoms with Gasteiger partial charge in [0.15, 0.2) is 4.90 Å². The molecular weight excluding hydrogens is 525 g/mol. The smallest absolute Gasteiger partial charge is 0.486 e. The van der Waals surface area contributed by atoms with Crippen molar-refractivity contribution in [1.29, 1.82) is 0 Å². The molecule has 2 rings (SSSR count). The molecule has 0 saturated carbocycles. The Morgan fingerprint density at radius 3 is 2.15 bits per heavy atom. The Morgan fingerprint density at radius 1 is 1.04 bits per heavy atom. The Balaban J connectivity index is 2.68. The van der Waals surface area contributed by atoms with Gasteiger partial charge < -0.3 is 4.55 Å². The van der Waals surface area contributed by atoms with Crippen LogP contribution in [0.1, 0.15) is 0 Å². The van der Waals surface area contributed by atoms with E-state index in [0.717, 1.165) is 12.4 Å². The van der Waals surface area contributed by atoms with Crippen molar-refractivity contribution in [3.8, 4) is 11.3 Å². The van der Waals surface area contributed by atoms with Crippen molar-refractivity contribution in [1.82, 2.24) is 9.97 Å². The molecule has 0 saturated heterocycles. The highest BCUT2D eigenvalue weighted by atomic mass is 79.9. The lowest BCUT2D eigenvalue weighted by atomic mass is 10.1. The zero-order valence-electron chi connectivity index (χ0n) is 11.9. The van der Waals surface area contributed by atoms with Gasteiger partial charge in [0.25, 0.3) is 0 Å². The minimum atomic E-state index is -6.60. The molecule has 1 atom stereocenters. The fraction of sp³-hybridized carbons (Fsp3) is 0.231. The lowest BCUT2D eigenvalue weighted by Crippen LogP contribution is -2.56. The van der Waals surface area contributed by atoms with Gasteiger partial charge in [0.1, 0.15) is 0 Å². The van der Waals surface area contributed by atoms with Crippen molar-refractivity contribution < 1.29 is 35.3 Å². The summed E-state index contributed by atoms with van der Waals surface area (Å²) in [5.41, 5.74) is -0.588. The third-order valence-electron chi connectivity index (χ3n) is 2.93. The van der Waals surface area contributed by atoms with Gasteiger partial charge in [-0.15, -0.1) is 8.78 Å². The van der Waals surface area contributed by atoms with Crippen LogP contribution < -0.4 is 0 Å². The molecule has 0 aliphatic carbocycles. The van der Waals surface area contributed by atoms with Crippen LogP contribution in [-0.2, 0) is 11.2 Å². The van der Waals surface area contributed by atoms with Gasteiger partial charge >= 0.3 is 17.4 Å². The lowest BCUT2D eigenvalue weighted by Gasteiger charge is -2.29. The normalized spacial score (nSPS) is 14.4. The van der Waals surface area contributed by atoms with Gasteiger partial charge in [0.05, 0.1) is 28.6 Å². The van der Waals surface area contributed by atoms with E-state index in [-0.39, 0.29) is 14.6 Å². The average Bonchev–Trinajstić information content (AvgIpc) is 2.52. The molecule has 2 aromatic rings. The zero-order chi connectivity index (χ0) is 19.9. The fourth-order valence-corrected chi connectivity index (χ4v) is 4.58. The Hall–Kier alpha value is -0.920. The van der Waals surface area contributed by atoms with Crippen LogP contribution in [0.4, 0.5) is 30.7 Å². The second kappa shape index (κ2) is 7.24. The summed E-state index contributed by atoms with van der Waals surface area (Å²) < 4.78 is 103. The maximum atomic E-state index is 13.9. The van der Waals surface area contributed by atoms with Crippen LogP contribution in [0.15, 0.2) is 38.5 Å². The molecule has 1 heterocycles. The lowest BCUT2D eigenvalue weighted by molar-refractivity contribution is -0.332. The quantitative estimate of drug-likeness (QED) is 0.396. The molecule has 1 aromatic heterocycles. The number of nitrogens with zero attached hydrogens (tertiary/aromatic N) is 2. The van der Waals surface area contributed by atoms with E-state index in [1.54, 1.807) is 0 Å². The maximum absolute atomic E-state index is 13.9. The Kier molecular flexibility index (Phi) is 5.96. The molecular formula is C13H4Br2F7N2OS. The first-order valence-corrected chi connectivity index (χ1v) is 8.96. The topological polar surface area (TPSA) is 48.8 Å². The first kappa shape index (κ1) is 21.4. The molecule has 0 bridgehead atoms. The maximum Gasteiger partial charge on any atom is 0.486 e. The van der Waals surface area contributed by atoms with Crippen molar-refractivity contribution in [3.05, 3.63) is 39.7 Å². The molecule has 1 radical (unpaired) electrons. The number of hydrogen-bond acceptors (Lipinski definition) is 3. The molecule has 0 amide bonds. The Morgan fingerprint density at radius 2 is 1.65 bits per heavy atom. The van der Waals surface area contributed by atoms with E-state index in [9.17, 15) is 35.3 Å². The van der Waals surface area contributed by atoms with Crippen LogP contribution >= 0.6 is 31.9 Å². The first-order valence-electron chi connectivity index (χ1n) is 6.22. The third-order valence-corrected chi connectivity index (χ3v) is 5.39. The van der Waals surface area contributed by atoms with Gasteiger partial charge in [-0.3, -0.25) is 9.97 Å². The molecule has 3 nitrogen and oxygen atoms in total. The summed E-state index contributed by atoms with van der Waals surface area (Å²) in [6.45, 7) is 0. The minimum Gasteiger partial charge on any atom is -0.606 e. The van der Waals surface area contributed by atoms with Gasteiger partial charge in [0, 0.05) is 33.5 Å². The van der Waals surface area contributed by atoms with Gasteiger partial charge in [-0.05, 0) is 31.9 Å². The number of halogens is 9. The zero-order valence-corrected chi connectivity index (χ0v) is 15.9. The van der Waals surface area contributed by atoms with Crippen LogP contribution in [0.5, 0.6) is 0 Å². The van der Waals surface area contributed by atoms with E-state index in [1.165, 1.54) is 6.20 Å². The molecule has 0 spiro atoms. The molecule has 0 fully saturated rings. The fourth-order valence-electron chi connectivity index (χ4n) is 1.73. The van der Waals surface area contributed by atoms with E-state index >= 15 is 0 Å². The van der Waals surface area contributed by atoms with Gasteiger partial charge in [0.2, 0.25) is 0 Å². The van der Waals surface area contributed by atoms with E-state index in [0.29, 0.717) is 6.07 Å². The Labute approximate surface area is 161 Å². The number of alkyl halides is 7. The second-order valence-corrected chi connectivity index (χ2v) is 7.76. The highest BCUT2D eigenvalue weighted by Gasteiger charge is 2.80. The van der Waals surface area contributed by atoms with E-state index < -0.39 is 39.0 Å². The van der Waals surface area contributed by atoms with E-state index in [2.05, 4.69) is 47.9 Å². The van der Waals surface area contributed by atoms with Crippen LogP contribution in [0.3, 0.4) is 0 Å². The molecule has 0 N–H and O–H groups in total. The second-order valence-electron chi connectivity index (χ2n) is 4.62. The van der Waals surface area contributed by atoms with Crippen LogP contribution in [-0.4, -0.2) is 31.9 Å². The van der Waals surface area contributed by atoms with E-state index in [4.69, 9.17) is 0 Å². The van der Waals surface area contributed by atoms with Crippen LogP contribution in [0.25, 0.3) is 11.3 Å². The molecule has 141 valence electrons. The monoisotopic (exact) mass is 527 g/mol. The van der Waals surface area contributed by atoms with Crippen LogP contribution in [0, 0.1) is 6.07 Å². The van der Waals surface area contributed by atoms with Crippen molar-refractivity contribution in [3.63, 3.8) is 0 Å². The highest BCUT2D eigenvalue weighted by Crippen LogP contribution is 2.52. The van der Waals surface area contributed by atoms with Crippen molar-refractivity contribution in [2.45, 2.75) is 22.2 Å². The predicted molar refractivity (Wildman–Crippen MR) is 84.1 cm³/mol. The largest absolute Gasteiger partial charge is 0.606 e. The Bertz CT molecular complexity index is 805. The molecule has 0 aliphatic rings. The van der Waals surface area contributed by atoms with Crippen molar-refractivity contribution in [2.75, 3.05) is 0 Å². The summed E-state index contributed by atoms with van der Waals surface area (Å²) in [6.07, 6.45) is -3.24. The standard InChI is InChI=1S/C13H4Br2F7N2OS/c14-6-3-7(15)10(8-5-23-1-2-24-8)9(4-6)26(25)13(21,22)11(16,17)12(18,19)20/h1-2,4-5H. The summed E-state index contributed by atoms with van der Waals surface area (Å²) in [5.74, 6) is -6.52. The first-order chi connectivity index (χ1) is 11.8. The molecule has 0 aliphatic heterocycles. The van der Waals surface area contributed by atoms with E-state index in [1.807, 2.05) is 0 Å². The summed E-state index contributed by atoms with van der Waals surface area (Å²) in [4.78, 5) is 6.41. The summed E-state index contributed by atoms with van der Waals surface area (Å²) in [6, 6.07) is 3.23. The summed E-state index contributed by atoms with van der Waals surface area (Å²) >= 11 is 1.66. The van der Waals surface area contributed by atoms with Gasteiger partial charge in [-0.1, -0.05) is 0 Å². The predicted octanol–water partition coefficient (Wildman–Crippen LogP) is 5.37. The highest BCUT2D eigenvalue weighted by molar-refractivity contribution is 9.11. The minimum absolute atomic E-state index is 0.105. The molecule has 26 heavy (non-hydrogen) atoms. The number of hydrogen-bond donors (Lipinski definition) is 0. The van der Waals surface area contributed by atoms with Crippen molar-refractivity contribution in [2.24, 2.45) is 0 Å². The van der Waals surface area contributed by atoms with Crippen LogP contribution in [0.2, 0.25) is 0 Å². The molecule has 1 unspecified atom stereocenters. The summed E-state index contributed by atoms with van der Waals surface area (Å²) in [5, 5.41) is -5.94. The molecule has 1 aromatic carbocycles. The van der Waals surface area contributed by atoms with Gasteiger partial charge in [-0.25, -0.2) is 0 Å².